The molecule has 26 heavy (non-hydrogen) atoms. The summed E-state index contributed by atoms with van der Waals surface area (Å²) in [5.41, 5.74) is 1.39. The van der Waals surface area contributed by atoms with E-state index in [0.29, 0.717) is 5.69 Å². The second-order valence-corrected chi connectivity index (χ2v) is 7.23. The molecule has 1 saturated heterocycles. The van der Waals surface area contributed by atoms with Crippen LogP contribution in [0, 0.1) is 23.7 Å². The molecule has 5 rings (SSSR count). The summed E-state index contributed by atoms with van der Waals surface area (Å²) < 4.78 is 0. The summed E-state index contributed by atoms with van der Waals surface area (Å²) in [5, 5.41) is 3.66. The van der Waals surface area contributed by atoms with E-state index in [0.717, 1.165) is 22.2 Å². The Hall–Kier alpha value is -3.02. The van der Waals surface area contributed by atoms with Gasteiger partial charge in [-0.1, -0.05) is 30.4 Å². The van der Waals surface area contributed by atoms with Gasteiger partial charge in [-0.25, -0.2) is 0 Å². The minimum Gasteiger partial charge on any atom is -0.323 e. The van der Waals surface area contributed by atoms with Crippen LogP contribution in [0.1, 0.15) is 6.42 Å². The van der Waals surface area contributed by atoms with Crippen molar-refractivity contribution in [3.8, 4) is 0 Å². The molecule has 0 unspecified atom stereocenters. The number of para-hydroxylation sites is 1. The van der Waals surface area contributed by atoms with E-state index in [4.69, 9.17) is 0 Å². The lowest BCUT2D eigenvalue weighted by Crippen LogP contribution is -2.39. The Kier molecular flexibility index (Phi) is 3.22. The van der Waals surface area contributed by atoms with Crippen LogP contribution in [-0.4, -0.2) is 34.2 Å². The molecule has 1 aromatic heterocycles. The van der Waals surface area contributed by atoms with E-state index in [9.17, 15) is 14.4 Å². The highest BCUT2D eigenvalue weighted by Crippen LogP contribution is 2.52. The van der Waals surface area contributed by atoms with Gasteiger partial charge in [-0.3, -0.25) is 24.3 Å². The molecule has 2 aliphatic carbocycles. The van der Waals surface area contributed by atoms with Crippen molar-refractivity contribution in [3.63, 3.8) is 0 Å². The number of imide groups is 1. The molecule has 6 heteroatoms. The standard InChI is InChI=1S/C20H17N3O3/c24-16(22-14-8-11-3-1-2-4-15(11)21-9-14)10-23-19(25)17-12-5-6-13(7-12)18(17)20(23)26/h1-6,8-9,12-13,17-18H,7,10H2,(H,22,24)/t12-,13-,17-,18-/m0/s1. The quantitative estimate of drug-likeness (QED) is 0.680. The largest absolute Gasteiger partial charge is 0.323 e. The van der Waals surface area contributed by atoms with Crippen LogP contribution >= 0.6 is 0 Å². The highest BCUT2D eigenvalue weighted by Gasteiger charge is 2.59. The molecule has 2 aromatic rings. The number of carbonyl (C=O) groups excluding carboxylic acids is 3. The van der Waals surface area contributed by atoms with Crippen LogP contribution in [0.5, 0.6) is 0 Å². The number of hydrogen-bond acceptors (Lipinski definition) is 4. The van der Waals surface area contributed by atoms with Crippen LogP contribution in [0.2, 0.25) is 0 Å². The number of hydrogen-bond donors (Lipinski definition) is 1. The Morgan fingerprint density at radius 2 is 1.81 bits per heavy atom. The summed E-state index contributed by atoms with van der Waals surface area (Å²) in [6, 6.07) is 9.43. The summed E-state index contributed by atoms with van der Waals surface area (Å²) in [4.78, 5) is 43.1. The van der Waals surface area contributed by atoms with Crippen molar-refractivity contribution in [2.24, 2.45) is 23.7 Å². The molecule has 2 fully saturated rings. The van der Waals surface area contributed by atoms with E-state index in [2.05, 4.69) is 10.3 Å². The molecule has 2 bridgehead atoms. The molecule has 2 heterocycles. The number of nitrogens with zero attached hydrogens (tertiary/aromatic N) is 2. The lowest BCUT2D eigenvalue weighted by molar-refractivity contribution is -0.143. The predicted molar refractivity (Wildman–Crippen MR) is 94.8 cm³/mol. The topological polar surface area (TPSA) is 79.4 Å². The van der Waals surface area contributed by atoms with Gasteiger partial charge in [-0.15, -0.1) is 0 Å². The normalized spacial score (nSPS) is 28.8. The lowest BCUT2D eigenvalue weighted by atomic mass is 9.85. The second kappa shape index (κ2) is 5.49. The summed E-state index contributed by atoms with van der Waals surface area (Å²) in [6.45, 7) is -0.239. The molecule has 0 radical (unpaired) electrons. The number of carbonyl (C=O) groups is 3. The molecule has 1 aromatic carbocycles. The van der Waals surface area contributed by atoms with Gasteiger partial charge in [0.15, 0.2) is 0 Å². The smallest absolute Gasteiger partial charge is 0.244 e. The molecule has 4 atom stereocenters. The highest BCUT2D eigenvalue weighted by atomic mass is 16.2. The number of rotatable bonds is 3. The van der Waals surface area contributed by atoms with Crippen LogP contribution < -0.4 is 5.32 Å². The predicted octanol–water partition coefficient (Wildman–Crippen LogP) is 1.98. The molecular weight excluding hydrogens is 330 g/mol. The molecule has 1 N–H and O–H groups in total. The van der Waals surface area contributed by atoms with E-state index in [-0.39, 0.29) is 47.9 Å². The van der Waals surface area contributed by atoms with E-state index in [1.54, 1.807) is 6.20 Å². The fourth-order valence-electron chi connectivity index (χ4n) is 4.60. The molecule has 3 amide bonds. The first-order valence-electron chi connectivity index (χ1n) is 8.80. The number of anilines is 1. The van der Waals surface area contributed by atoms with E-state index in [1.807, 2.05) is 42.5 Å². The van der Waals surface area contributed by atoms with Crippen molar-refractivity contribution in [1.82, 2.24) is 9.88 Å². The molecular formula is C20H17N3O3. The number of aromatic nitrogens is 1. The lowest BCUT2D eigenvalue weighted by Gasteiger charge is -2.16. The van der Waals surface area contributed by atoms with Gasteiger partial charge < -0.3 is 5.32 Å². The Morgan fingerprint density at radius 3 is 2.54 bits per heavy atom. The maximum atomic E-state index is 12.6. The maximum absolute atomic E-state index is 12.6. The Labute approximate surface area is 149 Å². The minimum atomic E-state index is -0.385. The number of likely N-dealkylation sites (tertiary alicyclic amines) is 1. The molecule has 6 nitrogen and oxygen atoms in total. The van der Waals surface area contributed by atoms with Crippen LogP contribution in [0.15, 0.2) is 48.7 Å². The van der Waals surface area contributed by atoms with Gasteiger partial charge in [-0.05, 0) is 30.4 Å². The number of pyridine rings is 1. The summed E-state index contributed by atoms with van der Waals surface area (Å²) in [5.74, 6) is -1.03. The van der Waals surface area contributed by atoms with Crippen molar-refractivity contribution >= 4 is 34.3 Å². The van der Waals surface area contributed by atoms with Crippen LogP contribution in [-0.2, 0) is 14.4 Å². The van der Waals surface area contributed by atoms with Crippen molar-refractivity contribution in [2.45, 2.75) is 6.42 Å². The van der Waals surface area contributed by atoms with Crippen molar-refractivity contribution in [3.05, 3.63) is 48.7 Å². The first-order chi connectivity index (χ1) is 12.6. The van der Waals surface area contributed by atoms with Crippen molar-refractivity contribution in [1.29, 1.82) is 0 Å². The van der Waals surface area contributed by atoms with Crippen LogP contribution in [0.25, 0.3) is 10.9 Å². The van der Waals surface area contributed by atoms with Gasteiger partial charge in [0.05, 0.1) is 29.2 Å². The minimum absolute atomic E-state index is 0.152. The third kappa shape index (κ3) is 2.18. The third-order valence-corrected chi connectivity index (χ3v) is 5.74. The number of amides is 3. The first kappa shape index (κ1) is 15.3. The van der Waals surface area contributed by atoms with E-state index in [1.165, 1.54) is 0 Å². The monoisotopic (exact) mass is 347 g/mol. The summed E-state index contributed by atoms with van der Waals surface area (Å²) in [6.07, 6.45) is 6.55. The molecule has 1 aliphatic heterocycles. The SMILES string of the molecule is O=C(CN1C(=O)[C@@H]2[C@@H](C1=O)[C@H]1C=C[C@H]2C1)Nc1cnc2ccccc2c1. The second-order valence-electron chi connectivity index (χ2n) is 7.23. The van der Waals surface area contributed by atoms with Gasteiger partial charge in [0.25, 0.3) is 0 Å². The van der Waals surface area contributed by atoms with Gasteiger partial charge >= 0.3 is 0 Å². The Balaban J connectivity index is 1.31. The zero-order chi connectivity index (χ0) is 17.8. The summed E-state index contributed by atoms with van der Waals surface area (Å²) in [7, 11) is 0. The van der Waals surface area contributed by atoms with Gasteiger partial charge in [-0.2, -0.15) is 0 Å². The number of nitrogens with one attached hydrogen (secondary N) is 1. The highest BCUT2D eigenvalue weighted by molar-refractivity contribution is 6.09. The Morgan fingerprint density at radius 1 is 1.12 bits per heavy atom. The zero-order valence-electron chi connectivity index (χ0n) is 14.0. The maximum Gasteiger partial charge on any atom is 0.244 e. The molecule has 1 saturated carbocycles. The average Bonchev–Trinajstić information content (AvgIpc) is 3.32. The van der Waals surface area contributed by atoms with Crippen molar-refractivity contribution in [2.75, 3.05) is 11.9 Å². The fourth-order valence-corrected chi connectivity index (χ4v) is 4.60. The van der Waals surface area contributed by atoms with E-state index >= 15 is 0 Å². The van der Waals surface area contributed by atoms with Crippen LogP contribution in [0.4, 0.5) is 5.69 Å². The fraction of sp³-hybridized carbons (Fsp3) is 0.300. The summed E-state index contributed by atoms with van der Waals surface area (Å²) >= 11 is 0. The first-order valence-corrected chi connectivity index (χ1v) is 8.80. The van der Waals surface area contributed by atoms with Gasteiger partial charge in [0.2, 0.25) is 17.7 Å². The van der Waals surface area contributed by atoms with Gasteiger partial charge in [0, 0.05) is 5.39 Å². The number of benzene rings is 1. The van der Waals surface area contributed by atoms with Gasteiger partial charge in [0.1, 0.15) is 6.54 Å². The van der Waals surface area contributed by atoms with Crippen LogP contribution in [0.3, 0.4) is 0 Å². The average molecular weight is 347 g/mol. The molecule has 3 aliphatic rings. The zero-order valence-corrected chi connectivity index (χ0v) is 14.0. The molecule has 130 valence electrons. The van der Waals surface area contributed by atoms with E-state index < -0.39 is 0 Å². The number of fused-ring (bicyclic) bond motifs is 6. The molecule has 0 spiro atoms. The third-order valence-electron chi connectivity index (χ3n) is 5.74. The van der Waals surface area contributed by atoms with Crippen molar-refractivity contribution < 1.29 is 14.4 Å². The number of allylic oxidation sites excluding steroid dienone is 2. The Bertz CT molecular complexity index is 953.